The average Bonchev–Trinajstić information content (AvgIpc) is 2.90. The highest BCUT2D eigenvalue weighted by Crippen LogP contribution is 2.19. The van der Waals surface area contributed by atoms with Crippen molar-refractivity contribution in [1.82, 2.24) is 10.2 Å². The molecule has 6 nitrogen and oxygen atoms in total. The number of ether oxygens (including phenoxy) is 2. The van der Waals surface area contributed by atoms with Gasteiger partial charge in [0, 0.05) is 31.5 Å². The van der Waals surface area contributed by atoms with Crippen LogP contribution in [0.2, 0.25) is 5.02 Å². The molecule has 0 aliphatic rings. The number of benzene rings is 3. The highest BCUT2D eigenvalue weighted by molar-refractivity contribution is 6.30. The predicted octanol–water partition coefficient (Wildman–Crippen LogP) is 4.89. The standard InChI is InChI=1S/C28H31ClN2O4/c1-30-28(33)26(19-21-7-4-3-5-8-21)31(20-22-10-12-23(29)13-11-22)27(32)9-6-18-35-25-16-14-24(34-2)15-17-25/h3-5,7-8,10-17,26H,6,9,18-20H2,1-2H3,(H,30,33)/t26-/m0/s1. The van der Waals surface area contributed by atoms with Crippen LogP contribution in [0.25, 0.3) is 0 Å². The third-order valence-corrected chi connectivity index (χ3v) is 5.90. The van der Waals surface area contributed by atoms with Crippen molar-refractivity contribution in [2.75, 3.05) is 20.8 Å². The molecule has 7 heteroatoms. The second kappa shape index (κ2) is 13.4. The number of halogens is 1. The van der Waals surface area contributed by atoms with Gasteiger partial charge in [0.05, 0.1) is 13.7 Å². The van der Waals surface area contributed by atoms with Gasteiger partial charge in [0.25, 0.3) is 0 Å². The summed E-state index contributed by atoms with van der Waals surface area (Å²) in [6.45, 7) is 0.691. The average molecular weight is 495 g/mol. The lowest BCUT2D eigenvalue weighted by atomic mass is 10.0. The molecule has 2 amide bonds. The number of nitrogens with zero attached hydrogens (tertiary/aromatic N) is 1. The summed E-state index contributed by atoms with van der Waals surface area (Å²) >= 11 is 6.04. The normalized spacial score (nSPS) is 11.4. The highest BCUT2D eigenvalue weighted by atomic mass is 35.5. The van der Waals surface area contributed by atoms with Crippen molar-refractivity contribution < 1.29 is 19.1 Å². The maximum atomic E-state index is 13.4. The van der Waals surface area contributed by atoms with E-state index in [1.54, 1.807) is 31.2 Å². The maximum Gasteiger partial charge on any atom is 0.242 e. The van der Waals surface area contributed by atoms with Gasteiger partial charge in [-0.05, 0) is 53.9 Å². The molecule has 0 fully saturated rings. The van der Waals surface area contributed by atoms with Gasteiger partial charge in [-0.1, -0.05) is 54.1 Å². The first-order chi connectivity index (χ1) is 17.0. The second-order valence-corrected chi connectivity index (χ2v) is 8.53. The van der Waals surface area contributed by atoms with E-state index in [9.17, 15) is 9.59 Å². The summed E-state index contributed by atoms with van der Waals surface area (Å²) in [5, 5.41) is 3.34. The SMILES string of the molecule is CNC(=O)[C@H](Cc1ccccc1)N(Cc1ccc(Cl)cc1)C(=O)CCCOc1ccc(OC)cc1. The molecule has 1 N–H and O–H groups in total. The lowest BCUT2D eigenvalue weighted by Crippen LogP contribution is -2.49. The summed E-state index contributed by atoms with van der Waals surface area (Å²) in [6.07, 6.45) is 1.20. The predicted molar refractivity (Wildman–Crippen MR) is 138 cm³/mol. The summed E-state index contributed by atoms with van der Waals surface area (Å²) in [4.78, 5) is 28.0. The molecule has 0 bridgehead atoms. The number of rotatable bonds is 12. The summed E-state index contributed by atoms with van der Waals surface area (Å²) in [5.41, 5.74) is 1.89. The molecule has 35 heavy (non-hydrogen) atoms. The van der Waals surface area contributed by atoms with Gasteiger partial charge in [0.15, 0.2) is 0 Å². The Kier molecular flexibility index (Phi) is 9.99. The van der Waals surface area contributed by atoms with Crippen molar-refractivity contribution in [3.8, 4) is 11.5 Å². The molecule has 0 saturated heterocycles. The van der Waals surface area contributed by atoms with Gasteiger partial charge in [0.2, 0.25) is 11.8 Å². The van der Waals surface area contributed by atoms with Gasteiger partial charge in [0.1, 0.15) is 17.5 Å². The Labute approximate surface area is 211 Å². The van der Waals surface area contributed by atoms with Crippen LogP contribution in [0.15, 0.2) is 78.9 Å². The molecule has 0 aromatic heterocycles. The molecule has 1 atom stereocenters. The molecule has 0 aliphatic heterocycles. The number of carbonyl (C=O) groups is 2. The zero-order chi connectivity index (χ0) is 25.0. The molecule has 3 aromatic carbocycles. The monoisotopic (exact) mass is 494 g/mol. The van der Waals surface area contributed by atoms with Crippen molar-refractivity contribution in [2.45, 2.75) is 31.8 Å². The van der Waals surface area contributed by atoms with E-state index < -0.39 is 6.04 Å². The Morgan fingerprint density at radius 3 is 2.20 bits per heavy atom. The van der Waals surface area contributed by atoms with E-state index >= 15 is 0 Å². The number of nitrogens with one attached hydrogen (secondary N) is 1. The molecular formula is C28H31ClN2O4. The van der Waals surface area contributed by atoms with E-state index in [1.807, 2.05) is 66.7 Å². The van der Waals surface area contributed by atoms with Crippen LogP contribution in [0.5, 0.6) is 11.5 Å². The first-order valence-corrected chi connectivity index (χ1v) is 11.9. The van der Waals surface area contributed by atoms with Crippen LogP contribution in [0.1, 0.15) is 24.0 Å². The van der Waals surface area contributed by atoms with E-state index in [-0.39, 0.29) is 18.2 Å². The first kappa shape index (κ1) is 26.1. The van der Waals surface area contributed by atoms with Crippen molar-refractivity contribution in [2.24, 2.45) is 0 Å². The minimum Gasteiger partial charge on any atom is -0.497 e. The number of hydrogen-bond donors (Lipinski definition) is 1. The highest BCUT2D eigenvalue weighted by Gasteiger charge is 2.29. The first-order valence-electron chi connectivity index (χ1n) is 11.6. The summed E-state index contributed by atoms with van der Waals surface area (Å²) in [7, 11) is 3.20. The van der Waals surface area contributed by atoms with Gasteiger partial charge >= 0.3 is 0 Å². The Balaban J connectivity index is 1.71. The fourth-order valence-electron chi connectivity index (χ4n) is 3.74. The van der Waals surface area contributed by atoms with Crippen LogP contribution in [0.4, 0.5) is 0 Å². The van der Waals surface area contributed by atoms with E-state index in [4.69, 9.17) is 21.1 Å². The molecule has 3 rings (SSSR count). The minimum absolute atomic E-state index is 0.109. The Morgan fingerprint density at radius 1 is 0.914 bits per heavy atom. The molecular weight excluding hydrogens is 464 g/mol. The summed E-state index contributed by atoms with van der Waals surface area (Å²) in [5.74, 6) is 1.15. The summed E-state index contributed by atoms with van der Waals surface area (Å²) < 4.78 is 10.9. The van der Waals surface area contributed by atoms with Gasteiger partial charge in [-0.3, -0.25) is 9.59 Å². The minimum atomic E-state index is -0.645. The van der Waals surface area contributed by atoms with E-state index in [0.717, 1.165) is 16.9 Å². The fourth-order valence-corrected chi connectivity index (χ4v) is 3.86. The van der Waals surface area contributed by atoms with Crippen molar-refractivity contribution in [1.29, 1.82) is 0 Å². The van der Waals surface area contributed by atoms with Crippen LogP contribution < -0.4 is 14.8 Å². The smallest absolute Gasteiger partial charge is 0.242 e. The van der Waals surface area contributed by atoms with Crippen LogP contribution in [0, 0.1) is 0 Å². The number of hydrogen-bond acceptors (Lipinski definition) is 4. The van der Waals surface area contributed by atoms with Crippen molar-refractivity contribution in [3.05, 3.63) is 95.0 Å². The van der Waals surface area contributed by atoms with Crippen molar-refractivity contribution >= 4 is 23.4 Å². The van der Waals surface area contributed by atoms with E-state index in [0.29, 0.717) is 36.8 Å². The molecule has 0 radical (unpaired) electrons. The lowest BCUT2D eigenvalue weighted by Gasteiger charge is -2.31. The fraction of sp³-hybridized carbons (Fsp3) is 0.286. The van der Waals surface area contributed by atoms with Crippen LogP contribution in [-0.4, -0.2) is 43.5 Å². The number of amides is 2. The molecule has 0 aliphatic carbocycles. The number of carbonyl (C=O) groups excluding carboxylic acids is 2. The second-order valence-electron chi connectivity index (χ2n) is 8.10. The van der Waals surface area contributed by atoms with Crippen molar-refractivity contribution in [3.63, 3.8) is 0 Å². The van der Waals surface area contributed by atoms with Gasteiger partial charge in [-0.15, -0.1) is 0 Å². The topological polar surface area (TPSA) is 67.9 Å². The molecule has 3 aromatic rings. The molecule has 184 valence electrons. The Bertz CT molecular complexity index is 1070. The van der Waals surface area contributed by atoms with Gasteiger partial charge < -0.3 is 19.7 Å². The maximum absolute atomic E-state index is 13.4. The number of methoxy groups -OCH3 is 1. The Morgan fingerprint density at radius 2 is 1.57 bits per heavy atom. The van der Waals surface area contributed by atoms with E-state index in [1.165, 1.54) is 0 Å². The van der Waals surface area contributed by atoms with Crippen LogP contribution >= 0.6 is 11.6 Å². The van der Waals surface area contributed by atoms with E-state index in [2.05, 4.69) is 5.32 Å². The van der Waals surface area contributed by atoms with Crippen LogP contribution in [0.3, 0.4) is 0 Å². The molecule has 0 heterocycles. The van der Waals surface area contributed by atoms with Gasteiger partial charge in [-0.25, -0.2) is 0 Å². The van der Waals surface area contributed by atoms with Crippen LogP contribution in [-0.2, 0) is 22.6 Å². The zero-order valence-electron chi connectivity index (χ0n) is 20.1. The molecule has 0 spiro atoms. The lowest BCUT2D eigenvalue weighted by molar-refractivity contribution is -0.141. The third kappa shape index (κ3) is 8.04. The summed E-state index contributed by atoms with van der Waals surface area (Å²) in [6, 6.07) is 23.7. The third-order valence-electron chi connectivity index (χ3n) is 5.65. The quantitative estimate of drug-likeness (QED) is 0.364. The largest absolute Gasteiger partial charge is 0.497 e. The Hall–Kier alpha value is -3.51. The van der Waals surface area contributed by atoms with Gasteiger partial charge in [-0.2, -0.15) is 0 Å². The molecule has 0 unspecified atom stereocenters. The number of likely N-dealkylation sites (N-methyl/N-ethyl adjacent to an activating group) is 1. The zero-order valence-corrected chi connectivity index (χ0v) is 20.8. The molecule has 0 saturated carbocycles.